The number of carbonyl (C=O) groups is 1. The molecule has 0 spiro atoms. The smallest absolute Gasteiger partial charge is 0.256 e. The third-order valence-corrected chi connectivity index (χ3v) is 3.63. The maximum atomic E-state index is 13.8. The number of carbonyl (C=O) groups excluding carboxylic acids is 1. The van der Waals surface area contributed by atoms with Crippen LogP contribution in [0.4, 0.5) is 10.1 Å². The van der Waals surface area contributed by atoms with Crippen molar-refractivity contribution in [3.05, 3.63) is 28.5 Å². The lowest BCUT2D eigenvalue weighted by molar-refractivity contribution is 0.107. The molecule has 0 saturated heterocycles. The van der Waals surface area contributed by atoms with Crippen LogP contribution in [-0.4, -0.2) is 15.2 Å². The fourth-order valence-electron chi connectivity index (χ4n) is 1.17. The Morgan fingerprint density at radius 3 is 2.71 bits per heavy atom. The zero-order chi connectivity index (χ0) is 13.0. The van der Waals surface area contributed by atoms with E-state index in [9.17, 15) is 13.4 Å². The van der Waals surface area contributed by atoms with Gasteiger partial charge in [0, 0.05) is 5.75 Å². The second kappa shape index (κ2) is 6.33. The van der Waals surface area contributed by atoms with Gasteiger partial charge in [-0.05, 0) is 30.2 Å². The van der Waals surface area contributed by atoms with E-state index in [0.29, 0.717) is 12.2 Å². The van der Waals surface area contributed by atoms with Gasteiger partial charge in [0.15, 0.2) is 5.82 Å². The molecule has 0 bridgehead atoms. The third-order valence-electron chi connectivity index (χ3n) is 1.90. The molecule has 0 aliphatic carbocycles. The molecule has 1 aromatic carbocycles. The van der Waals surface area contributed by atoms with Gasteiger partial charge in [0.25, 0.3) is 5.24 Å². The first-order valence-electron chi connectivity index (χ1n) is 4.80. The number of hydrogen-bond acceptors (Lipinski definition) is 2. The van der Waals surface area contributed by atoms with Crippen molar-refractivity contribution in [2.45, 2.75) is 13.3 Å². The number of hydrogen-bond donors (Lipinski definition) is 1. The Labute approximate surface area is 111 Å². The fraction of sp³-hybridized carbons (Fsp3) is 0.300. The molecule has 3 nitrogen and oxygen atoms in total. The van der Waals surface area contributed by atoms with Crippen molar-refractivity contribution in [3.8, 4) is 0 Å². The van der Waals surface area contributed by atoms with Crippen molar-refractivity contribution < 1.29 is 13.4 Å². The average Bonchev–Trinajstić information content (AvgIpc) is 2.22. The Morgan fingerprint density at radius 2 is 2.18 bits per heavy atom. The lowest BCUT2D eigenvalue weighted by Crippen LogP contribution is -2.10. The average molecular weight is 298 g/mol. The van der Waals surface area contributed by atoms with Crippen LogP contribution >= 0.6 is 23.2 Å². The van der Waals surface area contributed by atoms with Gasteiger partial charge in [-0.25, -0.2) is 8.60 Å². The van der Waals surface area contributed by atoms with Crippen LogP contribution in [0.15, 0.2) is 12.1 Å². The summed E-state index contributed by atoms with van der Waals surface area (Å²) in [6, 6.07) is 2.64. The van der Waals surface area contributed by atoms with Gasteiger partial charge in [-0.1, -0.05) is 18.5 Å². The Morgan fingerprint density at radius 1 is 1.53 bits per heavy atom. The van der Waals surface area contributed by atoms with Gasteiger partial charge in [0.1, 0.15) is 11.0 Å². The van der Waals surface area contributed by atoms with E-state index in [2.05, 4.69) is 4.72 Å². The topological polar surface area (TPSA) is 46.2 Å². The highest BCUT2D eigenvalue weighted by molar-refractivity contribution is 7.86. The van der Waals surface area contributed by atoms with Crippen LogP contribution in [0.2, 0.25) is 5.02 Å². The molecule has 1 atom stereocenters. The predicted octanol–water partition coefficient (Wildman–Crippen LogP) is 3.34. The Balaban J connectivity index is 3.07. The fourth-order valence-corrected chi connectivity index (χ4v) is 2.51. The minimum absolute atomic E-state index is 0.0508. The van der Waals surface area contributed by atoms with Gasteiger partial charge in [-0.2, -0.15) is 0 Å². The molecule has 0 fully saturated rings. The highest BCUT2D eigenvalue weighted by atomic mass is 35.5. The second-order valence-corrected chi connectivity index (χ2v) is 5.26. The molecular formula is C10H10Cl2FNO2S. The Bertz CT molecular complexity index is 468. The number of halogens is 3. The van der Waals surface area contributed by atoms with Crippen molar-refractivity contribution in [1.29, 1.82) is 0 Å². The lowest BCUT2D eigenvalue weighted by Gasteiger charge is -2.09. The van der Waals surface area contributed by atoms with Crippen LogP contribution in [0.3, 0.4) is 0 Å². The summed E-state index contributed by atoms with van der Waals surface area (Å²) in [4.78, 5) is 11.0. The van der Waals surface area contributed by atoms with Crippen LogP contribution in [0.1, 0.15) is 23.7 Å². The summed E-state index contributed by atoms with van der Waals surface area (Å²) in [6.07, 6.45) is 0.691. The maximum Gasteiger partial charge on any atom is 0.256 e. The van der Waals surface area contributed by atoms with Crippen molar-refractivity contribution >= 4 is 45.1 Å². The molecule has 94 valence electrons. The van der Waals surface area contributed by atoms with Gasteiger partial charge in [-0.3, -0.25) is 4.79 Å². The van der Waals surface area contributed by atoms with Gasteiger partial charge in [0.2, 0.25) is 0 Å². The first-order valence-corrected chi connectivity index (χ1v) is 6.87. The monoisotopic (exact) mass is 297 g/mol. The van der Waals surface area contributed by atoms with Crippen LogP contribution in [0, 0.1) is 5.82 Å². The standard InChI is InChI=1S/C10H10Cl2FNO2S/c1-2-5-17(16)14-7-4-3-6(11)8(9(7)13)10(12)15/h3-4,14H,2,5H2,1H3. The first-order chi connectivity index (χ1) is 7.97. The van der Waals surface area contributed by atoms with Crippen LogP contribution in [0.25, 0.3) is 0 Å². The van der Waals surface area contributed by atoms with Gasteiger partial charge >= 0.3 is 0 Å². The molecule has 0 amide bonds. The van der Waals surface area contributed by atoms with Crippen molar-refractivity contribution in [1.82, 2.24) is 0 Å². The first kappa shape index (κ1) is 14.4. The molecule has 0 heterocycles. The predicted molar refractivity (Wildman–Crippen MR) is 68.5 cm³/mol. The molecule has 7 heteroatoms. The number of nitrogens with one attached hydrogen (secondary N) is 1. The number of rotatable bonds is 5. The molecule has 0 aromatic heterocycles. The normalized spacial score (nSPS) is 12.2. The van der Waals surface area contributed by atoms with Gasteiger partial charge in [0.05, 0.1) is 16.3 Å². The van der Waals surface area contributed by atoms with E-state index < -0.39 is 27.6 Å². The molecule has 1 rings (SSSR count). The zero-order valence-corrected chi connectivity index (χ0v) is 11.3. The molecule has 1 N–H and O–H groups in total. The molecule has 0 aliphatic rings. The summed E-state index contributed by atoms with van der Waals surface area (Å²) in [5.74, 6) is -0.506. The number of benzene rings is 1. The van der Waals surface area contributed by atoms with E-state index in [0.717, 1.165) is 0 Å². The summed E-state index contributed by atoms with van der Waals surface area (Å²) < 4.78 is 27.7. The molecule has 17 heavy (non-hydrogen) atoms. The summed E-state index contributed by atoms with van der Waals surface area (Å²) in [5.41, 5.74) is -0.461. The van der Waals surface area contributed by atoms with E-state index in [-0.39, 0.29) is 10.7 Å². The van der Waals surface area contributed by atoms with Gasteiger partial charge < -0.3 is 4.72 Å². The van der Waals surface area contributed by atoms with Gasteiger partial charge in [-0.15, -0.1) is 0 Å². The minimum Gasteiger partial charge on any atom is -0.302 e. The second-order valence-electron chi connectivity index (χ2n) is 3.21. The Hall–Kier alpha value is -0.650. The SMILES string of the molecule is CCCS(=O)Nc1ccc(Cl)c(C(=O)Cl)c1F. The molecular weight excluding hydrogens is 288 g/mol. The summed E-state index contributed by atoms with van der Waals surface area (Å²) >= 11 is 10.9. The highest BCUT2D eigenvalue weighted by Gasteiger charge is 2.18. The molecule has 0 saturated carbocycles. The van der Waals surface area contributed by atoms with Crippen molar-refractivity contribution in [2.75, 3.05) is 10.5 Å². The Kier molecular flexibility index (Phi) is 5.36. The number of anilines is 1. The van der Waals surface area contributed by atoms with Crippen molar-refractivity contribution in [2.24, 2.45) is 0 Å². The molecule has 0 radical (unpaired) electrons. The largest absolute Gasteiger partial charge is 0.302 e. The minimum atomic E-state index is -1.40. The van der Waals surface area contributed by atoms with E-state index in [4.69, 9.17) is 23.2 Å². The van der Waals surface area contributed by atoms with E-state index in [1.807, 2.05) is 6.92 Å². The van der Waals surface area contributed by atoms with Crippen LogP contribution < -0.4 is 4.72 Å². The van der Waals surface area contributed by atoms with E-state index in [1.165, 1.54) is 12.1 Å². The molecule has 0 aliphatic heterocycles. The van der Waals surface area contributed by atoms with Crippen molar-refractivity contribution in [3.63, 3.8) is 0 Å². The van der Waals surface area contributed by atoms with Crippen LogP contribution in [0.5, 0.6) is 0 Å². The molecule has 1 aromatic rings. The summed E-state index contributed by atoms with van der Waals surface area (Å²) in [5, 5.41) is -1.06. The molecule has 1 unspecified atom stereocenters. The highest BCUT2D eigenvalue weighted by Crippen LogP contribution is 2.27. The quantitative estimate of drug-likeness (QED) is 0.847. The van der Waals surface area contributed by atoms with E-state index >= 15 is 0 Å². The lowest BCUT2D eigenvalue weighted by atomic mass is 10.2. The van der Waals surface area contributed by atoms with Crippen LogP contribution in [-0.2, 0) is 11.0 Å². The summed E-state index contributed by atoms with van der Waals surface area (Å²) in [6.45, 7) is 1.85. The van der Waals surface area contributed by atoms with E-state index in [1.54, 1.807) is 0 Å². The maximum absolute atomic E-state index is 13.8. The zero-order valence-electron chi connectivity index (χ0n) is 8.93. The third kappa shape index (κ3) is 3.66. The summed E-state index contributed by atoms with van der Waals surface area (Å²) in [7, 11) is -1.40.